The molecular weight excluding hydrogens is 200 g/mol. The zero-order valence-corrected chi connectivity index (χ0v) is 11.3. The van der Waals surface area contributed by atoms with Gasteiger partial charge in [-0.05, 0) is 31.8 Å². The molecule has 0 aliphatic carbocycles. The Morgan fingerprint density at radius 1 is 1.44 bits per heavy atom. The van der Waals surface area contributed by atoms with Crippen LogP contribution in [-0.4, -0.2) is 50.3 Å². The first-order chi connectivity index (χ1) is 7.69. The van der Waals surface area contributed by atoms with E-state index in [0.717, 1.165) is 19.2 Å². The number of likely N-dealkylation sites (N-methyl/N-ethyl adjacent to an activating group) is 1. The lowest BCUT2D eigenvalue weighted by Crippen LogP contribution is -2.45. The molecule has 1 fully saturated rings. The fourth-order valence-corrected chi connectivity index (χ4v) is 2.50. The molecule has 2 atom stereocenters. The van der Waals surface area contributed by atoms with Crippen molar-refractivity contribution < 1.29 is 4.74 Å². The van der Waals surface area contributed by atoms with Crippen molar-refractivity contribution >= 4 is 0 Å². The van der Waals surface area contributed by atoms with E-state index in [1.807, 2.05) is 0 Å². The van der Waals surface area contributed by atoms with Crippen molar-refractivity contribution in [3.63, 3.8) is 0 Å². The smallest absolute Gasteiger partial charge is 0.0618 e. The van der Waals surface area contributed by atoms with Gasteiger partial charge < -0.3 is 10.1 Å². The van der Waals surface area contributed by atoms with Crippen LogP contribution in [0.3, 0.4) is 0 Å². The molecule has 0 saturated carbocycles. The molecule has 1 aliphatic rings. The Hall–Kier alpha value is -0.120. The van der Waals surface area contributed by atoms with Gasteiger partial charge in [-0.15, -0.1) is 0 Å². The minimum Gasteiger partial charge on any atom is -0.383 e. The molecule has 0 radical (unpaired) electrons. The van der Waals surface area contributed by atoms with Crippen LogP contribution >= 0.6 is 0 Å². The van der Waals surface area contributed by atoms with Crippen LogP contribution in [-0.2, 0) is 4.74 Å². The van der Waals surface area contributed by atoms with Gasteiger partial charge in [0.05, 0.1) is 6.61 Å². The van der Waals surface area contributed by atoms with E-state index in [1.54, 1.807) is 7.11 Å². The van der Waals surface area contributed by atoms with E-state index >= 15 is 0 Å². The molecular formula is C13H28N2O. The van der Waals surface area contributed by atoms with Crippen molar-refractivity contribution in [2.45, 2.75) is 45.7 Å². The van der Waals surface area contributed by atoms with Gasteiger partial charge in [0.1, 0.15) is 0 Å². The molecule has 0 aromatic heterocycles. The first-order valence-electron chi connectivity index (χ1n) is 6.65. The van der Waals surface area contributed by atoms with Crippen molar-refractivity contribution in [3.8, 4) is 0 Å². The average molecular weight is 228 g/mol. The van der Waals surface area contributed by atoms with Crippen LogP contribution in [0.2, 0.25) is 0 Å². The zero-order chi connectivity index (χ0) is 12.0. The van der Waals surface area contributed by atoms with Gasteiger partial charge in [-0.25, -0.2) is 0 Å². The number of nitrogens with zero attached hydrogens (tertiary/aromatic N) is 1. The minimum atomic E-state index is 0.490. The fraction of sp³-hybridized carbons (Fsp3) is 1.00. The second-order valence-electron chi connectivity index (χ2n) is 5.14. The maximum Gasteiger partial charge on any atom is 0.0618 e. The first kappa shape index (κ1) is 13.9. The lowest BCUT2D eigenvalue weighted by atomic mass is 10.0. The molecule has 1 rings (SSSR count). The van der Waals surface area contributed by atoms with E-state index in [-0.39, 0.29) is 0 Å². The van der Waals surface area contributed by atoms with Gasteiger partial charge in [0.15, 0.2) is 0 Å². The molecule has 1 heterocycles. The molecule has 2 unspecified atom stereocenters. The van der Waals surface area contributed by atoms with Crippen LogP contribution in [0, 0.1) is 5.92 Å². The van der Waals surface area contributed by atoms with Crippen LogP contribution in [0.5, 0.6) is 0 Å². The number of rotatable bonds is 7. The van der Waals surface area contributed by atoms with Crippen molar-refractivity contribution in [3.05, 3.63) is 0 Å². The average Bonchev–Trinajstić information content (AvgIpc) is 2.71. The Balaban J connectivity index is 2.30. The third-order valence-electron chi connectivity index (χ3n) is 3.67. The van der Waals surface area contributed by atoms with E-state index in [0.29, 0.717) is 12.0 Å². The molecule has 0 spiro atoms. The first-order valence-corrected chi connectivity index (χ1v) is 6.65. The summed E-state index contributed by atoms with van der Waals surface area (Å²) in [5.74, 6) is 0.636. The lowest BCUT2D eigenvalue weighted by molar-refractivity contribution is 0.140. The summed E-state index contributed by atoms with van der Waals surface area (Å²) in [4.78, 5) is 2.58. The molecule has 0 aromatic rings. The highest BCUT2D eigenvalue weighted by Crippen LogP contribution is 2.16. The van der Waals surface area contributed by atoms with Gasteiger partial charge in [-0.2, -0.15) is 0 Å². The standard InChI is InChI=1S/C13H28N2O/c1-5-15-8-6-7-12(15)9-14-13(10-16-4)11(2)3/h11-14H,5-10H2,1-4H3. The number of hydrogen-bond acceptors (Lipinski definition) is 3. The van der Waals surface area contributed by atoms with Gasteiger partial charge in [0.2, 0.25) is 0 Å². The Morgan fingerprint density at radius 3 is 2.75 bits per heavy atom. The van der Waals surface area contributed by atoms with Crippen molar-refractivity contribution in [2.75, 3.05) is 33.4 Å². The Labute approximate surface area is 101 Å². The lowest BCUT2D eigenvalue weighted by Gasteiger charge is -2.27. The summed E-state index contributed by atoms with van der Waals surface area (Å²) >= 11 is 0. The molecule has 16 heavy (non-hydrogen) atoms. The van der Waals surface area contributed by atoms with Crippen molar-refractivity contribution in [1.82, 2.24) is 10.2 Å². The number of hydrogen-bond donors (Lipinski definition) is 1. The highest BCUT2D eigenvalue weighted by molar-refractivity contribution is 4.82. The predicted octanol–water partition coefficient (Wildman–Crippen LogP) is 1.73. The second kappa shape index (κ2) is 7.25. The van der Waals surface area contributed by atoms with Gasteiger partial charge in [0, 0.05) is 25.7 Å². The minimum absolute atomic E-state index is 0.490. The Kier molecular flexibility index (Phi) is 6.32. The van der Waals surface area contributed by atoms with E-state index < -0.39 is 0 Å². The van der Waals surface area contributed by atoms with Crippen molar-refractivity contribution in [2.24, 2.45) is 5.92 Å². The van der Waals surface area contributed by atoms with Crippen LogP contribution < -0.4 is 5.32 Å². The fourth-order valence-electron chi connectivity index (χ4n) is 2.50. The zero-order valence-electron chi connectivity index (χ0n) is 11.3. The van der Waals surface area contributed by atoms with E-state index in [2.05, 4.69) is 31.0 Å². The van der Waals surface area contributed by atoms with Crippen LogP contribution in [0.4, 0.5) is 0 Å². The topological polar surface area (TPSA) is 24.5 Å². The van der Waals surface area contributed by atoms with Crippen LogP contribution in [0.25, 0.3) is 0 Å². The molecule has 0 amide bonds. The molecule has 1 aliphatic heterocycles. The molecule has 96 valence electrons. The van der Waals surface area contributed by atoms with Gasteiger partial charge in [0.25, 0.3) is 0 Å². The molecule has 0 aromatic carbocycles. The largest absolute Gasteiger partial charge is 0.383 e. The van der Waals surface area contributed by atoms with Crippen LogP contribution in [0.15, 0.2) is 0 Å². The molecule has 3 heteroatoms. The maximum absolute atomic E-state index is 5.26. The van der Waals surface area contributed by atoms with E-state index in [9.17, 15) is 0 Å². The Morgan fingerprint density at radius 2 is 2.19 bits per heavy atom. The quantitative estimate of drug-likeness (QED) is 0.718. The third kappa shape index (κ3) is 4.04. The second-order valence-corrected chi connectivity index (χ2v) is 5.14. The molecule has 1 saturated heterocycles. The summed E-state index contributed by atoms with van der Waals surface area (Å²) in [6.45, 7) is 11.2. The van der Waals surface area contributed by atoms with Crippen molar-refractivity contribution in [1.29, 1.82) is 0 Å². The molecule has 3 nitrogen and oxygen atoms in total. The summed E-state index contributed by atoms with van der Waals surface area (Å²) in [7, 11) is 1.78. The highest BCUT2D eigenvalue weighted by atomic mass is 16.5. The van der Waals surface area contributed by atoms with Gasteiger partial charge in [-0.1, -0.05) is 20.8 Å². The number of nitrogens with one attached hydrogen (secondary N) is 1. The predicted molar refractivity (Wildman–Crippen MR) is 68.8 cm³/mol. The highest BCUT2D eigenvalue weighted by Gasteiger charge is 2.24. The summed E-state index contributed by atoms with van der Waals surface area (Å²) < 4.78 is 5.26. The molecule has 1 N–H and O–H groups in total. The number of ether oxygens (including phenoxy) is 1. The van der Waals surface area contributed by atoms with E-state index in [4.69, 9.17) is 4.74 Å². The Bertz CT molecular complexity index is 183. The maximum atomic E-state index is 5.26. The monoisotopic (exact) mass is 228 g/mol. The van der Waals surface area contributed by atoms with Crippen LogP contribution in [0.1, 0.15) is 33.6 Å². The summed E-state index contributed by atoms with van der Waals surface area (Å²) in [6.07, 6.45) is 2.70. The van der Waals surface area contributed by atoms with Gasteiger partial charge in [-0.3, -0.25) is 4.90 Å². The normalized spacial score (nSPS) is 24.2. The summed E-state index contributed by atoms with van der Waals surface area (Å²) in [6, 6.07) is 1.23. The third-order valence-corrected chi connectivity index (χ3v) is 3.67. The van der Waals surface area contributed by atoms with Gasteiger partial charge >= 0.3 is 0 Å². The number of methoxy groups -OCH3 is 1. The summed E-state index contributed by atoms with van der Waals surface area (Å²) in [5.41, 5.74) is 0. The molecule has 0 bridgehead atoms. The SMILES string of the molecule is CCN1CCCC1CNC(COC)C(C)C. The van der Waals surface area contributed by atoms with E-state index in [1.165, 1.54) is 25.9 Å². The number of likely N-dealkylation sites (tertiary alicyclic amines) is 1. The summed E-state index contributed by atoms with van der Waals surface area (Å²) in [5, 5.41) is 3.66.